The Labute approximate surface area is 125 Å². The van der Waals surface area contributed by atoms with Crippen LogP contribution in [0.25, 0.3) is 11.0 Å². The molecule has 2 N–H and O–H groups in total. The van der Waals surface area contributed by atoms with Crippen LogP contribution >= 0.6 is 23.4 Å². The number of carbonyl (C=O) groups is 1. The Balaban J connectivity index is 1.82. The number of aromatic nitrogens is 2. The van der Waals surface area contributed by atoms with Crippen LogP contribution in [0, 0.1) is 0 Å². The summed E-state index contributed by atoms with van der Waals surface area (Å²) in [7, 11) is 0. The maximum atomic E-state index is 12.1. The number of fused-ring (bicyclic) bond motifs is 1. The zero-order valence-corrected chi connectivity index (χ0v) is 12.2. The summed E-state index contributed by atoms with van der Waals surface area (Å²) in [5.41, 5.74) is 1.42. The maximum Gasteiger partial charge on any atom is 0.243 e. The first-order valence-electron chi connectivity index (χ1n) is 6.28. The fraction of sp³-hybridized carbons (Fsp3) is 0.308. The second-order valence-corrected chi connectivity index (χ2v) is 5.93. The van der Waals surface area contributed by atoms with Crippen molar-refractivity contribution in [3.05, 3.63) is 29.4 Å². The molecule has 1 fully saturated rings. The van der Waals surface area contributed by atoms with Crippen LogP contribution in [-0.4, -0.2) is 40.0 Å². The van der Waals surface area contributed by atoms with Crippen LogP contribution in [0.1, 0.15) is 0 Å². The predicted molar refractivity (Wildman–Crippen MR) is 82.3 cm³/mol. The van der Waals surface area contributed by atoms with Crippen LogP contribution in [0.2, 0.25) is 5.15 Å². The molecule has 104 valence electrons. The summed E-state index contributed by atoms with van der Waals surface area (Å²) in [4.78, 5) is 20.7. The van der Waals surface area contributed by atoms with Gasteiger partial charge < -0.3 is 10.6 Å². The highest BCUT2D eigenvalue weighted by atomic mass is 35.5. The van der Waals surface area contributed by atoms with Crippen molar-refractivity contribution in [2.75, 3.05) is 23.4 Å². The van der Waals surface area contributed by atoms with Gasteiger partial charge in [0.05, 0.1) is 17.1 Å². The number of nitrogens with zero attached hydrogens (tertiary/aromatic N) is 2. The Morgan fingerprint density at radius 2 is 2.10 bits per heavy atom. The Morgan fingerprint density at radius 3 is 2.80 bits per heavy atom. The van der Waals surface area contributed by atoms with Gasteiger partial charge in [-0.25, -0.2) is 9.97 Å². The third-order valence-electron chi connectivity index (χ3n) is 3.01. The maximum absolute atomic E-state index is 12.1. The number of nitrogens with one attached hydrogen (secondary N) is 2. The van der Waals surface area contributed by atoms with Gasteiger partial charge in [-0.1, -0.05) is 23.7 Å². The number of rotatable bonds is 2. The van der Waals surface area contributed by atoms with E-state index in [4.69, 9.17) is 11.6 Å². The highest BCUT2D eigenvalue weighted by Crippen LogP contribution is 2.21. The molecular formula is C13H13ClN4OS. The van der Waals surface area contributed by atoms with E-state index in [1.807, 2.05) is 24.3 Å². The van der Waals surface area contributed by atoms with Gasteiger partial charge >= 0.3 is 0 Å². The lowest BCUT2D eigenvalue weighted by Gasteiger charge is -2.22. The molecule has 3 rings (SSSR count). The van der Waals surface area contributed by atoms with E-state index in [1.54, 1.807) is 11.8 Å². The van der Waals surface area contributed by atoms with Gasteiger partial charge in [-0.15, -0.1) is 0 Å². The first-order chi connectivity index (χ1) is 9.74. The van der Waals surface area contributed by atoms with Crippen molar-refractivity contribution >= 4 is 46.1 Å². The van der Waals surface area contributed by atoms with Crippen LogP contribution < -0.4 is 10.6 Å². The van der Waals surface area contributed by atoms with Gasteiger partial charge in [0.15, 0.2) is 11.0 Å². The molecule has 0 aliphatic carbocycles. The molecule has 0 radical (unpaired) electrons. The van der Waals surface area contributed by atoms with E-state index in [9.17, 15) is 4.79 Å². The van der Waals surface area contributed by atoms with Crippen LogP contribution in [-0.2, 0) is 4.79 Å². The highest BCUT2D eigenvalue weighted by Gasteiger charge is 2.22. The highest BCUT2D eigenvalue weighted by molar-refractivity contribution is 7.99. The van der Waals surface area contributed by atoms with E-state index in [1.165, 1.54) is 0 Å². The summed E-state index contributed by atoms with van der Waals surface area (Å²) in [5.74, 6) is 1.97. The molecule has 1 aliphatic rings. The van der Waals surface area contributed by atoms with Crippen molar-refractivity contribution in [3.63, 3.8) is 0 Å². The minimum Gasteiger partial charge on any atom is -0.307 e. The lowest BCUT2D eigenvalue weighted by atomic mass is 10.3. The average molecular weight is 309 g/mol. The molecule has 1 atom stereocenters. The first kappa shape index (κ1) is 13.6. The predicted octanol–water partition coefficient (Wildman–Crippen LogP) is 1.93. The molecule has 1 aliphatic heterocycles. The van der Waals surface area contributed by atoms with Gasteiger partial charge in [0.1, 0.15) is 0 Å². The molecule has 0 bridgehead atoms. The number of thioether (sulfide) groups is 1. The summed E-state index contributed by atoms with van der Waals surface area (Å²) in [6.45, 7) is 0.833. The first-order valence-corrected chi connectivity index (χ1v) is 7.81. The number of benzene rings is 1. The molecule has 0 saturated carbocycles. The average Bonchev–Trinajstić information content (AvgIpc) is 2.49. The van der Waals surface area contributed by atoms with E-state index in [2.05, 4.69) is 20.6 Å². The Bertz CT molecular complexity index is 645. The number of amides is 1. The molecule has 1 saturated heterocycles. The number of para-hydroxylation sites is 2. The number of anilines is 1. The van der Waals surface area contributed by atoms with Crippen molar-refractivity contribution in [3.8, 4) is 0 Å². The van der Waals surface area contributed by atoms with Crippen LogP contribution in [0.5, 0.6) is 0 Å². The summed E-state index contributed by atoms with van der Waals surface area (Å²) in [6.07, 6.45) is 0. The minimum atomic E-state index is -0.210. The van der Waals surface area contributed by atoms with Crippen LogP contribution in [0.4, 0.5) is 5.82 Å². The summed E-state index contributed by atoms with van der Waals surface area (Å²) >= 11 is 7.83. The fourth-order valence-electron chi connectivity index (χ4n) is 2.00. The van der Waals surface area contributed by atoms with E-state index in [-0.39, 0.29) is 17.1 Å². The van der Waals surface area contributed by atoms with Crippen molar-refractivity contribution < 1.29 is 4.79 Å². The number of hydrogen-bond acceptors (Lipinski definition) is 5. The molecule has 0 spiro atoms. The van der Waals surface area contributed by atoms with E-state index < -0.39 is 0 Å². The zero-order valence-electron chi connectivity index (χ0n) is 10.6. The second-order valence-electron chi connectivity index (χ2n) is 4.42. The molecule has 2 heterocycles. The van der Waals surface area contributed by atoms with Crippen LogP contribution in [0.15, 0.2) is 24.3 Å². The summed E-state index contributed by atoms with van der Waals surface area (Å²) in [5, 5.41) is 6.13. The molecule has 5 nitrogen and oxygen atoms in total. The minimum absolute atomic E-state index is 0.122. The smallest absolute Gasteiger partial charge is 0.243 e. The van der Waals surface area contributed by atoms with Crippen molar-refractivity contribution in [1.82, 2.24) is 15.3 Å². The summed E-state index contributed by atoms with van der Waals surface area (Å²) < 4.78 is 0. The quantitative estimate of drug-likeness (QED) is 0.887. The standard InChI is InChI=1S/C13H13ClN4OS/c14-11-12(17-9-4-2-1-3-8(9)16-11)18-13(19)10-7-20-6-5-15-10/h1-4,10,15H,5-7H2,(H,17,18,19). The fourth-order valence-corrected chi connectivity index (χ4v) is 3.11. The molecule has 1 aromatic carbocycles. The monoisotopic (exact) mass is 308 g/mol. The Morgan fingerprint density at radius 1 is 1.35 bits per heavy atom. The largest absolute Gasteiger partial charge is 0.307 e. The number of hydrogen-bond donors (Lipinski definition) is 2. The van der Waals surface area contributed by atoms with Crippen molar-refractivity contribution in [2.45, 2.75) is 6.04 Å². The molecule has 7 heteroatoms. The van der Waals surface area contributed by atoms with E-state index in [0.29, 0.717) is 16.9 Å². The van der Waals surface area contributed by atoms with Crippen LogP contribution in [0.3, 0.4) is 0 Å². The third kappa shape index (κ3) is 2.87. The molecule has 20 heavy (non-hydrogen) atoms. The van der Waals surface area contributed by atoms with Gasteiger partial charge in [0.2, 0.25) is 5.91 Å². The van der Waals surface area contributed by atoms with E-state index >= 15 is 0 Å². The molecule has 2 aromatic rings. The molecular weight excluding hydrogens is 296 g/mol. The molecule has 1 amide bonds. The van der Waals surface area contributed by atoms with Gasteiger partial charge in [0, 0.05) is 18.1 Å². The Hall–Kier alpha value is -1.37. The second kappa shape index (κ2) is 5.95. The van der Waals surface area contributed by atoms with Crippen molar-refractivity contribution in [2.24, 2.45) is 0 Å². The van der Waals surface area contributed by atoms with Gasteiger partial charge in [0.25, 0.3) is 0 Å². The summed E-state index contributed by atoms with van der Waals surface area (Å²) in [6, 6.07) is 7.20. The van der Waals surface area contributed by atoms with Gasteiger partial charge in [-0.05, 0) is 12.1 Å². The van der Waals surface area contributed by atoms with E-state index in [0.717, 1.165) is 18.1 Å². The zero-order chi connectivity index (χ0) is 13.9. The number of carbonyl (C=O) groups excluding carboxylic acids is 1. The molecule has 1 unspecified atom stereocenters. The SMILES string of the molecule is O=C(Nc1nc2ccccc2nc1Cl)C1CSCCN1. The molecule has 1 aromatic heterocycles. The number of halogens is 1. The Kier molecular flexibility index (Phi) is 4.05. The lowest BCUT2D eigenvalue weighted by Crippen LogP contribution is -2.46. The lowest BCUT2D eigenvalue weighted by molar-refractivity contribution is -0.117. The van der Waals surface area contributed by atoms with Gasteiger partial charge in [-0.2, -0.15) is 11.8 Å². The topological polar surface area (TPSA) is 66.9 Å². The van der Waals surface area contributed by atoms with Crippen molar-refractivity contribution in [1.29, 1.82) is 0 Å². The third-order valence-corrected chi connectivity index (χ3v) is 4.33. The van der Waals surface area contributed by atoms with Gasteiger partial charge in [-0.3, -0.25) is 4.79 Å². The normalized spacial score (nSPS) is 18.9.